The molecule has 5 nitrogen and oxygen atoms in total. The maximum atomic E-state index is 14.9. The Balaban J connectivity index is 1.70. The molecular formula is C26H17Br2N4OP. The number of benzene rings is 1. The van der Waals surface area contributed by atoms with Crippen LogP contribution in [0.4, 0.5) is 0 Å². The summed E-state index contributed by atoms with van der Waals surface area (Å²) in [5.74, 6) is 0. The minimum Gasteiger partial charge on any atom is -0.305 e. The zero-order valence-corrected chi connectivity index (χ0v) is 21.8. The van der Waals surface area contributed by atoms with Crippen LogP contribution >= 0.6 is 39.0 Å². The lowest BCUT2D eigenvalue weighted by atomic mass is 10.2. The average Bonchev–Trinajstić information content (AvgIpc) is 2.89. The van der Waals surface area contributed by atoms with Gasteiger partial charge in [-0.1, -0.05) is 54.6 Å². The molecule has 0 fully saturated rings. The third-order valence-electron chi connectivity index (χ3n) is 5.19. The Labute approximate surface area is 214 Å². The number of hydrogen-bond acceptors (Lipinski definition) is 5. The molecule has 1 aromatic carbocycles. The summed E-state index contributed by atoms with van der Waals surface area (Å²) in [6.45, 7) is 0. The number of halogens is 2. The molecule has 0 atom stereocenters. The number of hydrogen-bond donors (Lipinski definition) is 0. The summed E-state index contributed by atoms with van der Waals surface area (Å²) < 4.78 is 16.4. The Bertz CT molecular complexity index is 1440. The van der Waals surface area contributed by atoms with Crippen LogP contribution < -0.4 is 16.2 Å². The van der Waals surface area contributed by atoms with Gasteiger partial charge in [0.15, 0.2) is 0 Å². The molecule has 0 unspecified atom stereocenters. The van der Waals surface area contributed by atoms with Crippen LogP contribution in [0.5, 0.6) is 0 Å². The van der Waals surface area contributed by atoms with Crippen molar-refractivity contribution in [3.63, 3.8) is 0 Å². The van der Waals surface area contributed by atoms with Crippen molar-refractivity contribution < 1.29 is 4.57 Å². The number of aromatic nitrogens is 4. The molecule has 4 aromatic heterocycles. The molecule has 5 rings (SSSR count). The summed E-state index contributed by atoms with van der Waals surface area (Å²) >= 11 is 6.83. The molecule has 4 heterocycles. The van der Waals surface area contributed by atoms with Crippen molar-refractivity contribution in [2.24, 2.45) is 0 Å². The van der Waals surface area contributed by atoms with Gasteiger partial charge in [-0.05, 0) is 80.4 Å². The molecule has 8 heteroatoms. The molecule has 0 N–H and O–H groups in total. The standard InChI is InChI=1S/C26H17Br2N4OP/c27-23-14-4-10-19(29-23)21-12-6-16-25(31-21)34(33,18-8-2-1-3-9-18)26-17-7-13-22(32-26)20-11-5-15-24(28)30-20/h1-17H. The summed E-state index contributed by atoms with van der Waals surface area (Å²) in [6.07, 6.45) is 0. The molecule has 5 aromatic rings. The van der Waals surface area contributed by atoms with Crippen LogP contribution in [0.2, 0.25) is 0 Å². The van der Waals surface area contributed by atoms with E-state index in [1.54, 1.807) is 12.1 Å². The highest BCUT2D eigenvalue weighted by Crippen LogP contribution is 2.41. The first kappa shape index (κ1) is 22.8. The van der Waals surface area contributed by atoms with Crippen LogP contribution in [-0.2, 0) is 4.57 Å². The molecule has 0 saturated heterocycles. The highest BCUT2D eigenvalue weighted by Gasteiger charge is 2.33. The fourth-order valence-electron chi connectivity index (χ4n) is 3.60. The summed E-state index contributed by atoms with van der Waals surface area (Å²) in [5.41, 5.74) is 3.56. The normalized spacial score (nSPS) is 11.4. The molecular weight excluding hydrogens is 575 g/mol. The second-order valence-corrected chi connectivity index (χ2v) is 11.7. The average molecular weight is 592 g/mol. The van der Waals surface area contributed by atoms with Crippen molar-refractivity contribution >= 4 is 55.2 Å². The quantitative estimate of drug-likeness (QED) is 0.192. The van der Waals surface area contributed by atoms with Crippen LogP contribution in [-0.4, -0.2) is 19.9 Å². The maximum Gasteiger partial charge on any atom is 0.206 e. The molecule has 0 amide bonds. The summed E-state index contributed by atoms with van der Waals surface area (Å²) in [6, 6.07) is 31.7. The lowest BCUT2D eigenvalue weighted by Gasteiger charge is -2.19. The lowest BCUT2D eigenvalue weighted by Crippen LogP contribution is -2.29. The van der Waals surface area contributed by atoms with Crippen molar-refractivity contribution in [3.8, 4) is 22.8 Å². The molecule has 0 spiro atoms. The molecule has 0 bridgehead atoms. The first-order valence-electron chi connectivity index (χ1n) is 10.4. The van der Waals surface area contributed by atoms with Crippen LogP contribution in [0.3, 0.4) is 0 Å². The Morgan fingerprint density at radius 3 is 1.32 bits per heavy atom. The van der Waals surface area contributed by atoms with Gasteiger partial charge < -0.3 is 4.57 Å². The predicted molar refractivity (Wildman–Crippen MR) is 143 cm³/mol. The van der Waals surface area contributed by atoms with Gasteiger partial charge >= 0.3 is 0 Å². The topological polar surface area (TPSA) is 68.6 Å². The van der Waals surface area contributed by atoms with E-state index in [-0.39, 0.29) is 0 Å². The second kappa shape index (κ2) is 9.71. The van der Waals surface area contributed by atoms with Crippen LogP contribution in [0.1, 0.15) is 0 Å². The second-order valence-electron chi connectivity index (χ2n) is 7.40. The fraction of sp³-hybridized carbons (Fsp3) is 0. The largest absolute Gasteiger partial charge is 0.305 e. The van der Waals surface area contributed by atoms with Crippen molar-refractivity contribution in [1.29, 1.82) is 0 Å². The van der Waals surface area contributed by atoms with E-state index in [4.69, 9.17) is 9.97 Å². The highest BCUT2D eigenvalue weighted by atomic mass is 79.9. The van der Waals surface area contributed by atoms with E-state index in [2.05, 4.69) is 41.8 Å². The third-order valence-corrected chi connectivity index (χ3v) is 8.89. The fourth-order valence-corrected chi connectivity index (χ4v) is 6.74. The SMILES string of the molecule is O=P(c1ccccc1)(c1cccc(-c2cccc(Br)n2)n1)c1cccc(-c2cccc(Br)n2)n1. The summed E-state index contributed by atoms with van der Waals surface area (Å²) in [4.78, 5) is 18.7. The van der Waals surface area contributed by atoms with Crippen LogP contribution in [0.25, 0.3) is 22.8 Å². The molecule has 0 aliphatic rings. The monoisotopic (exact) mass is 590 g/mol. The van der Waals surface area contributed by atoms with Gasteiger partial charge in [0.1, 0.15) is 20.1 Å². The predicted octanol–water partition coefficient (Wildman–Crippen LogP) is 5.77. The Kier molecular flexibility index (Phi) is 6.50. The van der Waals surface area contributed by atoms with Crippen LogP contribution in [0, 0.1) is 0 Å². The molecule has 34 heavy (non-hydrogen) atoms. The minimum atomic E-state index is -3.40. The van der Waals surface area contributed by atoms with Gasteiger partial charge in [0, 0.05) is 5.30 Å². The van der Waals surface area contributed by atoms with Gasteiger partial charge in [0.25, 0.3) is 0 Å². The highest BCUT2D eigenvalue weighted by molar-refractivity contribution is 9.10. The first-order valence-corrected chi connectivity index (χ1v) is 13.7. The molecule has 0 aliphatic carbocycles. The number of rotatable bonds is 5. The van der Waals surface area contributed by atoms with E-state index < -0.39 is 7.14 Å². The number of nitrogens with zero attached hydrogens (tertiary/aromatic N) is 4. The molecule has 166 valence electrons. The molecule has 0 aliphatic heterocycles. The van der Waals surface area contributed by atoms with E-state index in [1.165, 1.54) is 0 Å². The zero-order valence-electron chi connectivity index (χ0n) is 17.7. The van der Waals surface area contributed by atoms with E-state index >= 15 is 0 Å². The van der Waals surface area contributed by atoms with Crippen molar-refractivity contribution in [3.05, 3.63) is 112 Å². The van der Waals surface area contributed by atoms with Gasteiger partial charge in [-0.25, -0.2) is 19.9 Å². The number of pyridine rings is 4. The summed E-state index contributed by atoms with van der Waals surface area (Å²) in [5, 5.41) is 0.661. The lowest BCUT2D eigenvalue weighted by molar-refractivity contribution is 0.591. The Morgan fingerprint density at radius 1 is 0.471 bits per heavy atom. The van der Waals surface area contributed by atoms with E-state index in [0.29, 0.717) is 48.2 Å². The Hall–Kier alpha value is -2.99. The van der Waals surface area contributed by atoms with E-state index in [1.807, 2.05) is 91.0 Å². The third kappa shape index (κ3) is 4.51. The molecule has 0 saturated carbocycles. The smallest absolute Gasteiger partial charge is 0.206 e. The van der Waals surface area contributed by atoms with Crippen molar-refractivity contribution in [1.82, 2.24) is 19.9 Å². The van der Waals surface area contributed by atoms with Gasteiger partial charge in [-0.2, -0.15) is 0 Å². The van der Waals surface area contributed by atoms with Crippen molar-refractivity contribution in [2.45, 2.75) is 0 Å². The first-order chi connectivity index (χ1) is 16.5. The summed E-state index contributed by atoms with van der Waals surface area (Å²) in [7, 11) is -3.40. The molecule has 0 radical (unpaired) electrons. The van der Waals surface area contributed by atoms with Crippen LogP contribution in [0.15, 0.2) is 112 Å². The van der Waals surface area contributed by atoms with Crippen molar-refractivity contribution in [2.75, 3.05) is 0 Å². The zero-order chi connectivity index (χ0) is 23.5. The van der Waals surface area contributed by atoms with Gasteiger partial charge in [0.2, 0.25) is 7.14 Å². The van der Waals surface area contributed by atoms with Gasteiger partial charge in [-0.15, -0.1) is 0 Å². The van der Waals surface area contributed by atoms with E-state index in [9.17, 15) is 4.57 Å². The Morgan fingerprint density at radius 2 is 0.882 bits per heavy atom. The maximum absolute atomic E-state index is 14.9. The van der Waals surface area contributed by atoms with Gasteiger partial charge in [0.05, 0.1) is 22.8 Å². The van der Waals surface area contributed by atoms with Gasteiger partial charge in [-0.3, -0.25) is 0 Å². The minimum absolute atomic E-state index is 0.449. The van der Waals surface area contributed by atoms with E-state index in [0.717, 1.165) is 0 Å².